The number of hydrogen-bond acceptors (Lipinski definition) is 2. The maximum Gasteiger partial charge on any atom is 0.0503 e. The Morgan fingerprint density at radius 2 is 1.21 bits per heavy atom. The van der Waals surface area contributed by atoms with E-state index in [2.05, 4.69) is 142 Å². The van der Waals surface area contributed by atoms with E-state index < -0.39 is 0 Å². The van der Waals surface area contributed by atoms with Crippen molar-refractivity contribution in [2.24, 2.45) is 0 Å². The van der Waals surface area contributed by atoms with Crippen LogP contribution in [0.15, 0.2) is 126 Å². The molecule has 0 aliphatic heterocycles. The van der Waals surface area contributed by atoms with Gasteiger partial charge in [0.2, 0.25) is 0 Å². The van der Waals surface area contributed by atoms with Gasteiger partial charge in [0, 0.05) is 37.0 Å². The number of nitrogens with zero attached hydrogens (tertiary/aromatic N) is 1. The quantitative estimate of drug-likeness (QED) is 0.230. The Balaban J connectivity index is 1.57. The summed E-state index contributed by atoms with van der Waals surface area (Å²) < 4.78 is 3.75. The molecule has 0 saturated carbocycles. The van der Waals surface area contributed by atoms with Crippen molar-refractivity contribution in [1.29, 1.82) is 0 Å². The van der Waals surface area contributed by atoms with Crippen molar-refractivity contribution in [3.63, 3.8) is 0 Å². The number of hydrogen-bond donors (Lipinski definition) is 0. The van der Waals surface area contributed by atoms with E-state index in [4.69, 9.17) is 0 Å². The van der Waals surface area contributed by atoms with Crippen LogP contribution in [0.4, 0.5) is 17.1 Å². The van der Waals surface area contributed by atoms with Gasteiger partial charge in [-0.05, 0) is 75.6 Å². The monoisotopic (exact) mass is 505 g/mol. The molecule has 0 N–H and O–H groups in total. The summed E-state index contributed by atoms with van der Waals surface area (Å²) in [6, 6.07) is 43.0. The van der Waals surface area contributed by atoms with E-state index in [1.54, 1.807) is 0 Å². The fourth-order valence-electron chi connectivity index (χ4n) is 4.45. The highest BCUT2D eigenvalue weighted by Crippen LogP contribution is 2.44. The molecule has 158 valence electrons. The number of benzene rings is 5. The van der Waals surface area contributed by atoms with Crippen LogP contribution in [0.25, 0.3) is 31.3 Å². The van der Waals surface area contributed by atoms with Gasteiger partial charge in [0.25, 0.3) is 0 Å². The Morgan fingerprint density at radius 3 is 1.94 bits per heavy atom. The van der Waals surface area contributed by atoms with Crippen LogP contribution in [0.2, 0.25) is 0 Å². The molecule has 1 nitrogen and oxygen atoms in total. The summed E-state index contributed by atoms with van der Waals surface area (Å²) in [6.45, 7) is 0. The molecule has 0 spiro atoms. The van der Waals surface area contributed by atoms with Gasteiger partial charge in [-0.15, -0.1) is 11.3 Å². The molecule has 5 aromatic carbocycles. The van der Waals surface area contributed by atoms with Crippen LogP contribution >= 0.6 is 27.3 Å². The van der Waals surface area contributed by atoms with Gasteiger partial charge in [0.05, 0.1) is 4.70 Å². The van der Waals surface area contributed by atoms with Crippen LogP contribution in [-0.2, 0) is 0 Å². The van der Waals surface area contributed by atoms with Crippen molar-refractivity contribution in [1.82, 2.24) is 0 Å². The molecular formula is C30H20BrNS. The minimum atomic E-state index is 1.14. The fraction of sp³-hybridized carbons (Fsp3) is 0. The largest absolute Gasteiger partial charge is 0.310 e. The lowest BCUT2D eigenvalue weighted by atomic mass is 9.98. The average Bonchev–Trinajstić information content (AvgIpc) is 3.27. The van der Waals surface area contributed by atoms with Gasteiger partial charge in [-0.3, -0.25) is 0 Å². The van der Waals surface area contributed by atoms with Gasteiger partial charge in [-0.1, -0.05) is 72.8 Å². The molecule has 0 aliphatic carbocycles. The zero-order valence-electron chi connectivity index (χ0n) is 17.8. The third-order valence-corrected chi connectivity index (χ3v) is 8.05. The van der Waals surface area contributed by atoms with Crippen molar-refractivity contribution in [3.8, 4) is 11.1 Å². The summed E-state index contributed by atoms with van der Waals surface area (Å²) in [4.78, 5) is 2.31. The maximum absolute atomic E-state index is 3.78. The third kappa shape index (κ3) is 3.64. The first kappa shape index (κ1) is 20.2. The Labute approximate surface area is 205 Å². The molecule has 0 amide bonds. The SMILES string of the molecule is Brc1ccc(-c2cccc(N(c3ccccc3)c3ccccc3)c2)c2c1sc1ccccc12. The topological polar surface area (TPSA) is 3.24 Å². The second-order valence-corrected chi connectivity index (χ2v) is 9.86. The van der Waals surface area contributed by atoms with Crippen LogP contribution in [0.1, 0.15) is 0 Å². The molecule has 0 unspecified atom stereocenters. The van der Waals surface area contributed by atoms with Gasteiger partial charge >= 0.3 is 0 Å². The molecule has 0 atom stereocenters. The summed E-state index contributed by atoms with van der Waals surface area (Å²) in [7, 11) is 0. The Kier molecular flexibility index (Phi) is 5.21. The maximum atomic E-state index is 3.78. The summed E-state index contributed by atoms with van der Waals surface area (Å²) in [5, 5.41) is 2.62. The van der Waals surface area contributed by atoms with E-state index in [0.717, 1.165) is 21.5 Å². The first-order valence-electron chi connectivity index (χ1n) is 10.9. The van der Waals surface area contributed by atoms with E-state index in [0.29, 0.717) is 0 Å². The molecule has 1 aromatic heterocycles. The Bertz CT molecular complexity index is 1530. The predicted octanol–water partition coefficient (Wildman–Crippen LogP) is 9.95. The molecule has 0 bridgehead atoms. The number of para-hydroxylation sites is 2. The number of anilines is 3. The van der Waals surface area contributed by atoms with Crippen LogP contribution in [-0.4, -0.2) is 0 Å². The molecule has 0 radical (unpaired) electrons. The molecule has 0 fully saturated rings. The van der Waals surface area contributed by atoms with Crippen molar-refractivity contribution in [2.45, 2.75) is 0 Å². The number of halogens is 1. The van der Waals surface area contributed by atoms with E-state index >= 15 is 0 Å². The third-order valence-electron chi connectivity index (χ3n) is 5.92. The molecule has 33 heavy (non-hydrogen) atoms. The van der Waals surface area contributed by atoms with Crippen molar-refractivity contribution < 1.29 is 0 Å². The highest BCUT2D eigenvalue weighted by atomic mass is 79.9. The molecule has 3 heteroatoms. The number of thiophene rings is 1. The molecule has 6 rings (SSSR count). The molecule has 1 heterocycles. The highest BCUT2D eigenvalue weighted by Gasteiger charge is 2.16. The number of rotatable bonds is 4. The van der Waals surface area contributed by atoms with E-state index in [9.17, 15) is 0 Å². The summed E-state index contributed by atoms with van der Waals surface area (Å²) >= 11 is 5.63. The van der Waals surface area contributed by atoms with Crippen LogP contribution in [0.3, 0.4) is 0 Å². The van der Waals surface area contributed by atoms with Crippen molar-refractivity contribution in [3.05, 3.63) is 126 Å². The van der Waals surface area contributed by atoms with Gasteiger partial charge in [0.1, 0.15) is 0 Å². The van der Waals surface area contributed by atoms with E-state index in [1.165, 1.54) is 31.3 Å². The first-order valence-corrected chi connectivity index (χ1v) is 12.5. The lowest BCUT2D eigenvalue weighted by molar-refractivity contribution is 1.28. The van der Waals surface area contributed by atoms with Gasteiger partial charge in [-0.2, -0.15) is 0 Å². The van der Waals surface area contributed by atoms with E-state index in [-0.39, 0.29) is 0 Å². The summed E-state index contributed by atoms with van der Waals surface area (Å²) in [5.74, 6) is 0. The standard InChI is InChI=1S/C30H20BrNS/c31-27-19-18-25(29-26-16-7-8-17-28(26)33-30(27)29)21-10-9-15-24(20-21)32(22-11-3-1-4-12-22)23-13-5-2-6-14-23/h1-20H. The second kappa shape index (κ2) is 8.51. The zero-order valence-corrected chi connectivity index (χ0v) is 20.2. The molecular weight excluding hydrogens is 486 g/mol. The zero-order chi connectivity index (χ0) is 22.2. The van der Waals surface area contributed by atoms with Crippen LogP contribution in [0.5, 0.6) is 0 Å². The van der Waals surface area contributed by atoms with Gasteiger partial charge in [-0.25, -0.2) is 0 Å². The minimum absolute atomic E-state index is 1.14. The number of fused-ring (bicyclic) bond motifs is 3. The van der Waals surface area contributed by atoms with Crippen molar-refractivity contribution in [2.75, 3.05) is 4.90 Å². The summed E-state index contributed by atoms with van der Waals surface area (Å²) in [6.07, 6.45) is 0. The Morgan fingerprint density at radius 1 is 0.576 bits per heavy atom. The highest BCUT2D eigenvalue weighted by molar-refractivity contribution is 9.10. The van der Waals surface area contributed by atoms with Crippen LogP contribution < -0.4 is 4.90 Å². The summed E-state index contributed by atoms with van der Waals surface area (Å²) in [5.41, 5.74) is 5.89. The van der Waals surface area contributed by atoms with Crippen molar-refractivity contribution >= 4 is 64.5 Å². The first-order chi connectivity index (χ1) is 16.3. The average molecular weight is 506 g/mol. The van der Waals surface area contributed by atoms with Gasteiger partial charge < -0.3 is 4.90 Å². The van der Waals surface area contributed by atoms with Crippen LogP contribution in [0, 0.1) is 0 Å². The molecule has 0 aliphatic rings. The van der Waals surface area contributed by atoms with E-state index in [1.807, 2.05) is 11.3 Å². The Hall–Kier alpha value is -3.40. The normalized spacial score (nSPS) is 11.2. The lowest BCUT2D eigenvalue weighted by Crippen LogP contribution is -2.09. The van der Waals surface area contributed by atoms with Gasteiger partial charge in [0.15, 0.2) is 0 Å². The predicted molar refractivity (Wildman–Crippen MR) is 147 cm³/mol. The smallest absolute Gasteiger partial charge is 0.0503 e. The fourth-order valence-corrected chi connectivity index (χ4v) is 6.16. The molecule has 6 aromatic rings. The second-order valence-electron chi connectivity index (χ2n) is 7.95. The molecule has 0 saturated heterocycles. The minimum Gasteiger partial charge on any atom is -0.310 e. The lowest BCUT2D eigenvalue weighted by Gasteiger charge is -2.26.